The minimum absolute atomic E-state index is 1.03. The van der Waals surface area contributed by atoms with Gasteiger partial charge in [-0.3, -0.25) is 0 Å². The summed E-state index contributed by atoms with van der Waals surface area (Å²) >= 11 is 0. The quantitative estimate of drug-likeness (QED) is 0.748. The summed E-state index contributed by atoms with van der Waals surface area (Å²) in [4.78, 5) is 2.50. The van der Waals surface area contributed by atoms with Gasteiger partial charge in [-0.2, -0.15) is 0 Å². The van der Waals surface area contributed by atoms with Gasteiger partial charge in [0.25, 0.3) is 0 Å². The predicted molar refractivity (Wildman–Crippen MR) is 81.2 cm³/mol. The molecule has 0 radical (unpaired) electrons. The van der Waals surface area contributed by atoms with Crippen molar-refractivity contribution in [2.75, 3.05) is 19.3 Å². The first kappa shape index (κ1) is 13.2. The second-order valence-electron chi connectivity index (χ2n) is 4.96. The van der Waals surface area contributed by atoms with Gasteiger partial charge in [-0.1, -0.05) is 44.2 Å². The van der Waals surface area contributed by atoms with Gasteiger partial charge < -0.3 is 9.47 Å². The Morgan fingerprint density at radius 1 is 1.00 bits per heavy atom. The molecule has 1 aromatic carbocycles. The van der Waals surface area contributed by atoms with Crippen molar-refractivity contribution in [1.82, 2.24) is 9.47 Å². The summed E-state index contributed by atoms with van der Waals surface area (Å²) in [5.41, 5.74) is 0. The lowest BCUT2D eigenvalue weighted by Gasteiger charge is -2.38. The molecule has 0 aliphatic carbocycles. The van der Waals surface area contributed by atoms with E-state index >= 15 is 0 Å². The zero-order valence-electron chi connectivity index (χ0n) is 11.5. The Morgan fingerprint density at radius 3 is 2.39 bits per heavy atom. The second kappa shape index (κ2) is 6.64. The molecule has 1 unspecified atom stereocenters. The standard InChI is InChI=1S/C15H24N2Si/c1-3-10-16-12-13-17(11-4-2)18(14-16)15-8-6-5-7-9-15/h5-9,12-13,18H,3-4,10-11,14H2,1-2H3. The van der Waals surface area contributed by atoms with Crippen molar-refractivity contribution in [2.24, 2.45) is 0 Å². The van der Waals surface area contributed by atoms with Crippen LogP contribution in [0.15, 0.2) is 42.7 Å². The largest absolute Gasteiger partial charge is 0.399 e. The van der Waals surface area contributed by atoms with E-state index in [2.05, 4.69) is 66.0 Å². The van der Waals surface area contributed by atoms with Crippen LogP contribution in [0.3, 0.4) is 0 Å². The smallest absolute Gasteiger partial charge is 0.190 e. The fourth-order valence-corrected chi connectivity index (χ4v) is 5.66. The van der Waals surface area contributed by atoms with Crippen LogP contribution >= 0.6 is 0 Å². The number of nitrogens with zero attached hydrogens (tertiary/aromatic N) is 2. The Labute approximate surface area is 113 Å². The Balaban J connectivity index is 2.16. The summed E-state index contributed by atoms with van der Waals surface area (Å²) in [5, 5.41) is 1.57. The van der Waals surface area contributed by atoms with E-state index in [1.807, 2.05) is 0 Å². The van der Waals surface area contributed by atoms with Crippen molar-refractivity contribution in [3.05, 3.63) is 42.7 Å². The van der Waals surface area contributed by atoms with Crippen LogP contribution in [0.2, 0.25) is 0 Å². The van der Waals surface area contributed by atoms with E-state index in [-0.39, 0.29) is 0 Å². The zero-order valence-corrected chi connectivity index (χ0v) is 12.7. The normalized spacial score (nSPS) is 19.3. The average Bonchev–Trinajstić information content (AvgIpc) is 2.42. The molecule has 0 bridgehead atoms. The van der Waals surface area contributed by atoms with Crippen molar-refractivity contribution in [3.63, 3.8) is 0 Å². The molecular weight excluding hydrogens is 236 g/mol. The molecule has 0 fully saturated rings. The molecular formula is C15H24N2Si. The molecule has 2 nitrogen and oxygen atoms in total. The van der Waals surface area contributed by atoms with Gasteiger partial charge in [-0.25, -0.2) is 0 Å². The van der Waals surface area contributed by atoms with Crippen LogP contribution in [0.5, 0.6) is 0 Å². The third kappa shape index (κ3) is 3.16. The van der Waals surface area contributed by atoms with Gasteiger partial charge in [0, 0.05) is 31.7 Å². The van der Waals surface area contributed by atoms with E-state index < -0.39 is 8.96 Å². The molecule has 0 amide bonds. The van der Waals surface area contributed by atoms with Crippen LogP contribution in [-0.2, 0) is 0 Å². The Hall–Kier alpha value is -1.22. The van der Waals surface area contributed by atoms with Crippen LogP contribution in [0, 0.1) is 0 Å². The van der Waals surface area contributed by atoms with E-state index in [0.717, 1.165) is 0 Å². The zero-order chi connectivity index (χ0) is 12.8. The maximum atomic E-state index is 2.61. The highest BCUT2D eigenvalue weighted by atomic mass is 28.3. The fraction of sp³-hybridized carbons (Fsp3) is 0.467. The number of benzene rings is 1. The van der Waals surface area contributed by atoms with E-state index in [0.29, 0.717) is 0 Å². The summed E-state index contributed by atoms with van der Waals surface area (Å²) in [7, 11) is -1.03. The first-order chi connectivity index (χ1) is 8.85. The van der Waals surface area contributed by atoms with Gasteiger partial charge in [0.15, 0.2) is 8.96 Å². The van der Waals surface area contributed by atoms with Crippen LogP contribution in [-0.4, -0.2) is 37.7 Å². The first-order valence-electron chi connectivity index (χ1n) is 7.08. The SMILES string of the molecule is CCCN1C=CN(CCC)[SiH](c2ccccc2)C1. The van der Waals surface area contributed by atoms with Crippen LogP contribution in [0.1, 0.15) is 26.7 Å². The summed E-state index contributed by atoms with van der Waals surface area (Å²) in [6, 6.07) is 11.1. The van der Waals surface area contributed by atoms with Gasteiger partial charge in [0.1, 0.15) is 0 Å². The van der Waals surface area contributed by atoms with Crippen molar-refractivity contribution in [3.8, 4) is 0 Å². The van der Waals surface area contributed by atoms with Gasteiger partial charge >= 0.3 is 0 Å². The molecule has 0 aromatic heterocycles. The van der Waals surface area contributed by atoms with Crippen LogP contribution in [0.4, 0.5) is 0 Å². The minimum atomic E-state index is -1.03. The molecule has 0 spiro atoms. The van der Waals surface area contributed by atoms with Gasteiger partial charge in [0.05, 0.1) is 0 Å². The van der Waals surface area contributed by atoms with Crippen LogP contribution in [0.25, 0.3) is 0 Å². The number of rotatable bonds is 5. The molecule has 0 saturated heterocycles. The van der Waals surface area contributed by atoms with E-state index in [4.69, 9.17) is 0 Å². The lowest BCUT2D eigenvalue weighted by Crippen LogP contribution is -2.55. The Morgan fingerprint density at radius 2 is 1.72 bits per heavy atom. The van der Waals surface area contributed by atoms with Crippen molar-refractivity contribution < 1.29 is 0 Å². The summed E-state index contributed by atoms with van der Waals surface area (Å²) in [5.74, 6) is 0. The number of hydrogen-bond acceptors (Lipinski definition) is 2. The summed E-state index contributed by atoms with van der Waals surface area (Å²) in [6.07, 6.45) is 8.31. The lowest BCUT2D eigenvalue weighted by molar-refractivity contribution is 0.388. The van der Waals surface area contributed by atoms with E-state index in [1.54, 1.807) is 5.19 Å². The highest BCUT2D eigenvalue weighted by molar-refractivity contribution is 6.71. The van der Waals surface area contributed by atoms with Crippen molar-refractivity contribution >= 4 is 14.1 Å². The molecule has 1 aliphatic rings. The Bertz CT molecular complexity index is 377. The molecule has 1 aromatic rings. The van der Waals surface area contributed by atoms with Gasteiger partial charge in [0.2, 0.25) is 0 Å². The van der Waals surface area contributed by atoms with Gasteiger partial charge in [-0.15, -0.1) is 0 Å². The Kier molecular flexibility index (Phi) is 4.87. The van der Waals surface area contributed by atoms with E-state index in [1.165, 1.54) is 32.1 Å². The van der Waals surface area contributed by atoms with E-state index in [9.17, 15) is 0 Å². The first-order valence-corrected chi connectivity index (χ1v) is 8.99. The maximum absolute atomic E-state index is 2.61. The fourth-order valence-electron chi connectivity index (χ4n) is 2.59. The van der Waals surface area contributed by atoms with Crippen molar-refractivity contribution in [2.45, 2.75) is 26.7 Å². The topological polar surface area (TPSA) is 6.48 Å². The monoisotopic (exact) mass is 260 g/mol. The molecule has 1 heterocycles. The molecule has 1 atom stereocenters. The van der Waals surface area contributed by atoms with Crippen LogP contribution < -0.4 is 5.19 Å². The molecule has 18 heavy (non-hydrogen) atoms. The third-order valence-electron chi connectivity index (χ3n) is 3.45. The highest BCUT2D eigenvalue weighted by Crippen LogP contribution is 2.09. The minimum Gasteiger partial charge on any atom is -0.399 e. The lowest BCUT2D eigenvalue weighted by atomic mass is 10.4. The maximum Gasteiger partial charge on any atom is 0.190 e. The summed E-state index contributed by atoms with van der Waals surface area (Å²) < 4.78 is 2.61. The predicted octanol–water partition coefficient (Wildman–Crippen LogP) is 2.07. The molecule has 1 aliphatic heterocycles. The molecule has 3 heteroatoms. The molecule has 0 N–H and O–H groups in total. The highest BCUT2D eigenvalue weighted by Gasteiger charge is 2.24. The van der Waals surface area contributed by atoms with Crippen molar-refractivity contribution in [1.29, 1.82) is 0 Å². The average molecular weight is 260 g/mol. The molecule has 2 rings (SSSR count). The molecule has 0 saturated carbocycles. The number of hydrogen-bond donors (Lipinski definition) is 0. The summed E-state index contributed by atoms with van der Waals surface area (Å²) in [6.45, 7) is 6.91. The van der Waals surface area contributed by atoms with Gasteiger partial charge in [-0.05, 0) is 18.0 Å². The second-order valence-corrected chi connectivity index (χ2v) is 7.68. The third-order valence-corrected chi connectivity index (χ3v) is 6.65. The molecule has 98 valence electrons.